The van der Waals surface area contributed by atoms with Crippen molar-refractivity contribution in [3.8, 4) is 0 Å². The van der Waals surface area contributed by atoms with E-state index in [0.29, 0.717) is 11.5 Å². The Labute approximate surface area is 110 Å². The fraction of sp³-hybridized carbons (Fsp3) is 0.154. The third-order valence-electron chi connectivity index (χ3n) is 2.45. The molecule has 0 aliphatic carbocycles. The van der Waals surface area contributed by atoms with E-state index in [1.807, 2.05) is 13.0 Å². The van der Waals surface area contributed by atoms with E-state index in [1.54, 1.807) is 12.4 Å². The second-order valence-corrected chi connectivity index (χ2v) is 4.03. The number of carbonyl (C=O) groups is 1. The fourth-order valence-corrected chi connectivity index (χ4v) is 1.61. The summed E-state index contributed by atoms with van der Waals surface area (Å²) in [5.41, 5.74) is 8.04. The van der Waals surface area contributed by atoms with E-state index in [4.69, 9.17) is 10.5 Å². The lowest BCUT2D eigenvalue weighted by molar-refractivity contribution is 0.0601. The van der Waals surface area contributed by atoms with Crippen LogP contribution in [0.5, 0.6) is 0 Å². The van der Waals surface area contributed by atoms with Gasteiger partial charge in [-0.3, -0.25) is 4.98 Å². The summed E-state index contributed by atoms with van der Waals surface area (Å²) in [6.07, 6.45) is 4.85. The van der Waals surface area contributed by atoms with Gasteiger partial charge >= 0.3 is 5.97 Å². The van der Waals surface area contributed by atoms with Crippen LogP contribution in [0.3, 0.4) is 0 Å². The van der Waals surface area contributed by atoms with E-state index < -0.39 is 5.97 Å². The molecule has 0 saturated heterocycles. The number of rotatable bonds is 3. The van der Waals surface area contributed by atoms with Crippen LogP contribution >= 0.6 is 0 Å². The Hall–Kier alpha value is -2.63. The van der Waals surface area contributed by atoms with Crippen LogP contribution in [-0.4, -0.2) is 23.0 Å². The maximum Gasteiger partial charge on any atom is 0.341 e. The van der Waals surface area contributed by atoms with Crippen LogP contribution in [0.2, 0.25) is 0 Å². The van der Waals surface area contributed by atoms with Crippen molar-refractivity contribution in [3.63, 3.8) is 0 Å². The van der Waals surface area contributed by atoms with Gasteiger partial charge < -0.3 is 15.8 Å². The molecule has 3 N–H and O–H groups in total. The van der Waals surface area contributed by atoms with Gasteiger partial charge in [0, 0.05) is 6.20 Å². The highest BCUT2D eigenvalue weighted by atomic mass is 16.5. The zero-order valence-electron chi connectivity index (χ0n) is 10.7. The molecule has 0 aromatic carbocycles. The minimum absolute atomic E-state index is 0.281. The summed E-state index contributed by atoms with van der Waals surface area (Å²) in [5.74, 6) is -0.114. The largest absolute Gasteiger partial charge is 0.465 e. The van der Waals surface area contributed by atoms with Crippen molar-refractivity contribution in [2.45, 2.75) is 6.92 Å². The Morgan fingerprint density at radius 2 is 2.11 bits per heavy atom. The van der Waals surface area contributed by atoms with Crippen molar-refractivity contribution < 1.29 is 9.53 Å². The molecular formula is C13H14N4O2. The Morgan fingerprint density at radius 3 is 2.79 bits per heavy atom. The Balaban J connectivity index is 2.37. The summed E-state index contributed by atoms with van der Waals surface area (Å²) in [5, 5.41) is 3.03. The summed E-state index contributed by atoms with van der Waals surface area (Å²) in [4.78, 5) is 19.8. The number of aromatic nitrogens is 2. The van der Waals surface area contributed by atoms with Gasteiger partial charge in [0.25, 0.3) is 0 Å². The molecule has 6 nitrogen and oxygen atoms in total. The first-order chi connectivity index (χ1) is 9.10. The van der Waals surface area contributed by atoms with Crippen LogP contribution in [0.25, 0.3) is 0 Å². The van der Waals surface area contributed by atoms with Gasteiger partial charge in [0.15, 0.2) is 0 Å². The molecule has 0 radical (unpaired) electrons. The van der Waals surface area contributed by atoms with Gasteiger partial charge in [-0.05, 0) is 24.6 Å². The second-order valence-electron chi connectivity index (χ2n) is 4.03. The predicted molar refractivity (Wildman–Crippen MR) is 72.2 cm³/mol. The molecule has 19 heavy (non-hydrogen) atoms. The van der Waals surface area contributed by atoms with Gasteiger partial charge in [-0.1, -0.05) is 0 Å². The molecule has 0 aliphatic heterocycles. The van der Waals surface area contributed by atoms with Gasteiger partial charge in [-0.25, -0.2) is 9.78 Å². The lowest BCUT2D eigenvalue weighted by Gasteiger charge is -2.10. The highest BCUT2D eigenvalue weighted by Crippen LogP contribution is 2.21. The minimum atomic E-state index is -0.497. The van der Waals surface area contributed by atoms with Gasteiger partial charge in [0.1, 0.15) is 11.4 Å². The summed E-state index contributed by atoms with van der Waals surface area (Å²) < 4.78 is 4.70. The first-order valence-electron chi connectivity index (χ1n) is 5.62. The number of carbonyl (C=O) groups excluding carboxylic acids is 1. The van der Waals surface area contributed by atoms with E-state index in [9.17, 15) is 4.79 Å². The van der Waals surface area contributed by atoms with Gasteiger partial charge in [-0.15, -0.1) is 0 Å². The van der Waals surface area contributed by atoms with Crippen LogP contribution in [-0.2, 0) is 4.74 Å². The highest BCUT2D eigenvalue weighted by molar-refractivity contribution is 5.96. The summed E-state index contributed by atoms with van der Waals surface area (Å²) in [6, 6.07) is 3.41. The molecule has 0 amide bonds. The number of methoxy groups -OCH3 is 1. The number of anilines is 3. The Morgan fingerprint density at radius 1 is 1.32 bits per heavy atom. The minimum Gasteiger partial charge on any atom is -0.465 e. The normalized spacial score (nSPS) is 10.0. The Bertz CT molecular complexity index is 613. The van der Waals surface area contributed by atoms with E-state index in [-0.39, 0.29) is 5.56 Å². The van der Waals surface area contributed by atoms with Crippen LogP contribution in [0, 0.1) is 6.92 Å². The van der Waals surface area contributed by atoms with E-state index in [0.717, 1.165) is 11.3 Å². The molecule has 0 bridgehead atoms. The molecular weight excluding hydrogens is 244 g/mol. The number of ether oxygens (including phenoxy) is 1. The number of esters is 1. The molecule has 0 saturated carbocycles. The molecule has 98 valence electrons. The second kappa shape index (κ2) is 5.34. The topological polar surface area (TPSA) is 90.1 Å². The maximum absolute atomic E-state index is 11.7. The molecule has 0 spiro atoms. The van der Waals surface area contributed by atoms with Crippen molar-refractivity contribution in [2.24, 2.45) is 0 Å². The quantitative estimate of drug-likeness (QED) is 0.817. The molecule has 2 heterocycles. The van der Waals surface area contributed by atoms with Crippen LogP contribution < -0.4 is 11.1 Å². The zero-order valence-corrected chi connectivity index (χ0v) is 10.7. The molecule has 0 atom stereocenters. The monoisotopic (exact) mass is 258 g/mol. The van der Waals surface area contributed by atoms with Crippen molar-refractivity contribution >= 4 is 23.2 Å². The smallest absolute Gasteiger partial charge is 0.341 e. The molecule has 0 aliphatic rings. The molecule has 0 unspecified atom stereocenters. The zero-order chi connectivity index (χ0) is 13.8. The fourth-order valence-electron chi connectivity index (χ4n) is 1.61. The summed E-state index contributed by atoms with van der Waals surface area (Å²) in [6.45, 7) is 1.93. The summed E-state index contributed by atoms with van der Waals surface area (Å²) >= 11 is 0. The predicted octanol–water partition coefficient (Wildman–Crippen LogP) is 1.90. The standard InChI is InChI=1S/C13H14N4O2/c1-8-3-10(7-15-5-8)17-12-11(13(18)19-2)4-9(14)6-16-12/h3-7H,14H2,1-2H3,(H,16,17). The van der Waals surface area contributed by atoms with Gasteiger partial charge in [-0.2, -0.15) is 0 Å². The van der Waals surface area contributed by atoms with Crippen LogP contribution in [0.1, 0.15) is 15.9 Å². The molecule has 0 fully saturated rings. The molecule has 2 aromatic rings. The lowest BCUT2D eigenvalue weighted by atomic mass is 10.2. The average molecular weight is 258 g/mol. The number of aryl methyl sites for hydroxylation is 1. The number of nitrogens with zero attached hydrogens (tertiary/aromatic N) is 2. The number of nitrogens with one attached hydrogen (secondary N) is 1. The van der Waals surface area contributed by atoms with Crippen LogP contribution in [0.4, 0.5) is 17.2 Å². The van der Waals surface area contributed by atoms with Gasteiger partial charge in [0.05, 0.1) is 30.9 Å². The van der Waals surface area contributed by atoms with E-state index in [1.165, 1.54) is 19.4 Å². The van der Waals surface area contributed by atoms with Crippen molar-refractivity contribution in [3.05, 3.63) is 41.9 Å². The van der Waals surface area contributed by atoms with E-state index >= 15 is 0 Å². The SMILES string of the molecule is COC(=O)c1cc(N)cnc1Nc1cncc(C)c1. The molecule has 2 aromatic heterocycles. The first kappa shape index (κ1) is 12.8. The number of hydrogen-bond donors (Lipinski definition) is 2. The number of pyridine rings is 2. The lowest BCUT2D eigenvalue weighted by Crippen LogP contribution is -2.08. The molecule has 6 heteroatoms. The highest BCUT2D eigenvalue weighted by Gasteiger charge is 2.14. The summed E-state index contributed by atoms with van der Waals surface area (Å²) in [7, 11) is 1.31. The Kier molecular flexibility index (Phi) is 3.61. The third kappa shape index (κ3) is 2.98. The number of hydrogen-bond acceptors (Lipinski definition) is 6. The van der Waals surface area contributed by atoms with E-state index in [2.05, 4.69) is 15.3 Å². The first-order valence-corrected chi connectivity index (χ1v) is 5.62. The van der Waals surface area contributed by atoms with Crippen molar-refractivity contribution in [2.75, 3.05) is 18.2 Å². The molecule has 2 rings (SSSR count). The van der Waals surface area contributed by atoms with Gasteiger partial charge in [0.2, 0.25) is 0 Å². The average Bonchev–Trinajstić information content (AvgIpc) is 2.40. The van der Waals surface area contributed by atoms with Crippen molar-refractivity contribution in [1.82, 2.24) is 9.97 Å². The number of nitrogen functional groups attached to an aromatic ring is 1. The van der Waals surface area contributed by atoms with Crippen LogP contribution in [0.15, 0.2) is 30.7 Å². The van der Waals surface area contributed by atoms with Crippen molar-refractivity contribution in [1.29, 1.82) is 0 Å². The maximum atomic E-state index is 11.7. The number of nitrogens with two attached hydrogens (primary N) is 1. The third-order valence-corrected chi connectivity index (χ3v) is 2.45.